The van der Waals surface area contributed by atoms with Gasteiger partial charge in [-0.05, 0) is 37.0 Å². The first-order chi connectivity index (χ1) is 6.49. The van der Waals surface area contributed by atoms with E-state index in [9.17, 15) is 0 Å². The molecule has 1 rings (SSSR count). The SMILES string of the molecule is CC(C)(C)CCC1CCCCCC1N. The Morgan fingerprint density at radius 1 is 1.07 bits per heavy atom. The van der Waals surface area contributed by atoms with Crippen LogP contribution in [0.5, 0.6) is 0 Å². The van der Waals surface area contributed by atoms with Crippen LogP contribution >= 0.6 is 0 Å². The Morgan fingerprint density at radius 3 is 2.36 bits per heavy atom. The van der Waals surface area contributed by atoms with Crippen LogP contribution in [0.4, 0.5) is 0 Å². The second-order valence-corrected chi connectivity index (χ2v) is 6.16. The van der Waals surface area contributed by atoms with Gasteiger partial charge in [0.15, 0.2) is 0 Å². The highest BCUT2D eigenvalue weighted by Gasteiger charge is 2.22. The Balaban J connectivity index is 2.33. The van der Waals surface area contributed by atoms with Crippen LogP contribution in [0.25, 0.3) is 0 Å². The summed E-state index contributed by atoms with van der Waals surface area (Å²) in [5.74, 6) is 0.803. The van der Waals surface area contributed by atoms with Crippen LogP contribution in [0.2, 0.25) is 0 Å². The van der Waals surface area contributed by atoms with Gasteiger partial charge in [-0.2, -0.15) is 0 Å². The van der Waals surface area contributed by atoms with E-state index in [-0.39, 0.29) is 0 Å². The van der Waals surface area contributed by atoms with E-state index in [1.165, 1.54) is 44.9 Å². The van der Waals surface area contributed by atoms with Gasteiger partial charge in [-0.3, -0.25) is 0 Å². The smallest absolute Gasteiger partial charge is 0.00671 e. The molecule has 2 unspecified atom stereocenters. The van der Waals surface area contributed by atoms with E-state index in [1.54, 1.807) is 0 Å². The maximum absolute atomic E-state index is 6.21. The van der Waals surface area contributed by atoms with Gasteiger partial charge in [0.1, 0.15) is 0 Å². The van der Waals surface area contributed by atoms with Gasteiger partial charge < -0.3 is 5.73 Å². The van der Waals surface area contributed by atoms with Crippen molar-refractivity contribution in [1.29, 1.82) is 0 Å². The molecule has 0 radical (unpaired) electrons. The van der Waals surface area contributed by atoms with Crippen LogP contribution in [0.15, 0.2) is 0 Å². The fraction of sp³-hybridized carbons (Fsp3) is 1.00. The third kappa shape index (κ3) is 4.45. The zero-order valence-corrected chi connectivity index (χ0v) is 10.2. The Labute approximate surface area is 89.5 Å². The molecule has 0 aliphatic heterocycles. The zero-order valence-electron chi connectivity index (χ0n) is 10.2. The molecule has 1 heteroatoms. The minimum absolute atomic E-state index is 0.478. The van der Waals surface area contributed by atoms with Crippen molar-refractivity contribution < 1.29 is 0 Å². The van der Waals surface area contributed by atoms with Crippen LogP contribution in [0.3, 0.4) is 0 Å². The van der Waals surface area contributed by atoms with Crippen molar-refractivity contribution in [2.24, 2.45) is 17.1 Å². The summed E-state index contributed by atoms with van der Waals surface area (Å²) < 4.78 is 0. The summed E-state index contributed by atoms with van der Waals surface area (Å²) in [6.45, 7) is 6.99. The summed E-state index contributed by atoms with van der Waals surface area (Å²) in [7, 11) is 0. The average Bonchev–Trinajstić information content (AvgIpc) is 2.25. The molecule has 0 spiro atoms. The van der Waals surface area contributed by atoms with Crippen molar-refractivity contribution in [3.8, 4) is 0 Å². The van der Waals surface area contributed by atoms with Gasteiger partial charge in [-0.25, -0.2) is 0 Å². The lowest BCUT2D eigenvalue weighted by molar-refractivity contribution is 0.286. The topological polar surface area (TPSA) is 26.0 Å². The molecular weight excluding hydrogens is 170 g/mol. The molecule has 0 aromatic heterocycles. The van der Waals surface area contributed by atoms with Gasteiger partial charge in [0.05, 0.1) is 0 Å². The summed E-state index contributed by atoms with van der Waals surface area (Å²) in [5, 5.41) is 0. The van der Waals surface area contributed by atoms with Crippen LogP contribution in [-0.2, 0) is 0 Å². The van der Waals surface area contributed by atoms with Crippen molar-refractivity contribution in [1.82, 2.24) is 0 Å². The van der Waals surface area contributed by atoms with Gasteiger partial charge >= 0.3 is 0 Å². The lowest BCUT2D eigenvalue weighted by Gasteiger charge is -2.25. The Hall–Kier alpha value is -0.0400. The van der Waals surface area contributed by atoms with Gasteiger partial charge in [-0.1, -0.05) is 40.0 Å². The zero-order chi connectivity index (χ0) is 10.6. The Kier molecular flexibility index (Phi) is 4.43. The fourth-order valence-corrected chi connectivity index (χ4v) is 2.39. The van der Waals surface area contributed by atoms with Crippen molar-refractivity contribution in [2.45, 2.75) is 71.8 Å². The molecule has 1 aliphatic carbocycles. The third-order valence-electron chi connectivity index (χ3n) is 3.48. The van der Waals surface area contributed by atoms with Gasteiger partial charge in [-0.15, -0.1) is 0 Å². The van der Waals surface area contributed by atoms with E-state index in [0.717, 1.165) is 5.92 Å². The summed E-state index contributed by atoms with van der Waals surface area (Å²) >= 11 is 0. The molecule has 0 amide bonds. The van der Waals surface area contributed by atoms with Crippen molar-refractivity contribution in [2.75, 3.05) is 0 Å². The first-order valence-electron chi connectivity index (χ1n) is 6.24. The summed E-state index contributed by atoms with van der Waals surface area (Å²) in [6, 6.07) is 0.486. The normalized spacial score (nSPS) is 30.0. The number of rotatable bonds is 2. The standard InChI is InChI=1S/C13H27N/c1-13(2,3)10-9-11-7-5-4-6-8-12(11)14/h11-12H,4-10,14H2,1-3H3. The molecule has 1 nitrogen and oxygen atoms in total. The fourth-order valence-electron chi connectivity index (χ4n) is 2.39. The van der Waals surface area contributed by atoms with E-state index in [2.05, 4.69) is 20.8 Å². The van der Waals surface area contributed by atoms with Crippen LogP contribution in [-0.4, -0.2) is 6.04 Å². The number of hydrogen-bond donors (Lipinski definition) is 1. The highest BCUT2D eigenvalue weighted by molar-refractivity contribution is 4.78. The predicted octanol–water partition coefficient (Wildman–Crippen LogP) is 3.72. The van der Waals surface area contributed by atoms with E-state index in [1.807, 2.05) is 0 Å². The second-order valence-electron chi connectivity index (χ2n) is 6.16. The lowest BCUT2D eigenvalue weighted by atomic mass is 9.83. The molecule has 2 N–H and O–H groups in total. The maximum atomic E-state index is 6.21. The molecule has 1 aliphatic rings. The second kappa shape index (κ2) is 5.16. The first kappa shape index (κ1) is 12.0. The Bertz CT molecular complexity index is 157. The van der Waals surface area contributed by atoms with Gasteiger partial charge in [0.25, 0.3) is 0 Å². The minimum Gasteiger partial charge on any atom is -0.327 e. The molecular formula is C13H27N. The third-order valence-corrected chi connectivity index (χ3v) is 3.48. The predicted molar refractivity (Wildman–Crippen MR) is 63.2 cm³/mol. The van der Waals surface area contributed by atoms with Crippen LogP contribution in [0.1, 0.15) is 65.7 Å². The largest absolute Gasteiger partial charge is 0.327 e. The average molecular weight is 197 g/mol. The van der Waals surface area contributed by atoms with Crippen LogP contribution in [0, 0.1) is 11.3 Å². The van der Waals surface area contributed by atoms with E-state index in [4.69, 9.17) is 5.73 Å². The van der Waals surface area contributed by atoms with Gasteiger partial charge in [0, 0.05) is 6.04 Å². The molecule has 0 heterocycles. The minimum atomic E-state index is 0.478. The highest BCUT2D eigenvalue weighted by Crippen LogP contribution is 2.30. The molecule has 1 saturated carbocycles. The molecule has 0 aromatic rings. The summed E-state index contributed by atoms with van der Waals surface area (Å²) in [5.41, 5.74) is 6.69. The van der Waals surface area contributed by atoms with Crippen molar-refractivity contribution in [3.63, 3.8) is 0 Å². The highest BCUT2D eigenvalue weighted by atomic mass is 14.6. The molecule has 0 saturated heterocycles. The summed E-state index contributed by atoms with van der Waals surface area (Å²) in [6.07, 6.45) is 9.46. The molecule has 84 valence electrons. The molecule has 2 atom stereocenters. The lowest BCUT2D eigenvalue weighted by Crippen LogP contribution is -2.29. The molecule has 14 heavy (non-hydrogen) atoms. The van der Waals surface area contributed by atoms with Crippen LogP contribution < -0.4 is 5.73 Å². The Morgan fingerprint density at radius 2 is 1.71 bits per heavy atom. The monoisotopic (exact) mass is 197 g/mol. The molecule has 0 aromatic carbocycles. The van der Waals surface area contributed by atoms with Crippen molar-refractivity contribution >= 4 is 0 Å². The van der Waals surface area contributed by atoms with Gasteiger partial charge in [0.2, 0.25) is 0 Å². The molecule has 0 bridgehead atoms. The maximum Gasteiger partial charge on any atom is 0.00671 e. The van der Waals surface area contributed by atoms with E-state index >= 15 is 0 Å². The molecule has 1 fully saturated rings. The van der Waals surface area contributed by atoms with E-state index in [0.29, 0.717) is 11.5 Å². The quantitative estimate of drug-likeness (QED) is 0.671. The first-order valence-corrected chi connectivity index (χ1v) is 6.24. The summed E-state index contributed by atoms with van der Waals surface area (Å²) in [4.78, 5) is 0. The van der Waals surface area contributed by atoms with Crippen molar-refractivity contribution in [3.05, 3.63) is 0 Å². The van der Waals surface area contributed by atoms with E-state index < -0.39 is 0 Å². The number of hydrogen-bond acceptors (Lipinski definition) is 1. The number of nitrogens with two attached hydrogens (primary N) is 1.